The number of pyridine rings is 1. The monoisotopic (exact) mass is 415 g/mol. The summed E-state index contributed by atoms with van der Waals surface area (Å²) >= 11 is 3.48. The molecular weight excluding hydrogens is 390 g/mol. The van der Waals surface area contributed by atoms with Gasteiger partial charge in [-0.05, 0) is 54.5 Å². The maximum atomic E-state index is 12.7. The number of nitrogens with zero attached hydrogens (tertiary/aromatic N) is 1. The average Bonchev–Trinajstić information content (AvgIpc) is 3.13. The summed E-state index contributed by atoms with van der Waals surface area (Å²) in [5.41, 5.74) is 2.65. The van der Waals surface area contributed by atoms with Crippen LogP contribution in [0.15, 0.2) is 41.0 Å². The Morgan fingerprint density at radius 2 is 2.04 bits per heavy atom. The van der Waals surface area contributed by atoms with Crippen LogP contribution in [-0.4, -0.2) is 17.4 Å². The minimum atomic E-state index is -0.0119. The first-order valence-corrected chi connectivity index (χ1v) is 10.1. The van der Waals surface area contributed by atoms with Crippen LogP contribution in [0.1, 0.15) is 61.4 Å². The molecule has 4 nitrogen and oxygen atoms in total. The predicted molar refractivity (Wildman–Crippen MR) is 110 cm³/mol. The summed E-state index contributed by atoms with van der Waals surface area (Å²) < 4.78 is 1.01. The molecule has 1 aromatic heterocycles. The van der Waals surface area contributed by atoms with E-state index >= 15 is 0 Å². The van der Waals surface area contributed by atoms with Crippen LogP contribution in [0, 0.1) is 5.92 Å². The molecule has 1 aromatic carbocycles. The van der Waals surface area contributed by atoms with E-state index in [1.54, 1.807) is 6.20 Å². The van der Waals surface area contributed by atoms with Crippen LogP contribution in [-0.2, 0) is 0 Å². The normalized spacial score (nSPS) is 14.6. The molecule has 0 radical (unpaired) electrons. The lowest BCUT2D eigenvalue weighted by Crippen LogP contribution is -2.29. The van der Waals surface area contributed by atoms with Crippen LogP contribution in [0.2, 0.25) is 0 Å². The van der Waals surface area contributed by atoms with Crippen molar-refractivity contribution in [3.63, 3.8) is 0 Å². The zero-order valence-electron chi connectivity index (χ0n) is 15.4. The second-order valence-electron chi connectivity index (χ2n) is 7.31. The van der Waals surface area contributed by atoms with Crippen molar-refractivity contribution in [3.05, 3.63) is 52.1 Å². The molecule has 1 saturated carbocycles. The lowest BCUT2D eigenvalue weighted by Gasteiger charge is -2.16. The van der Waals surface area contributed by atoms with E-state index in [2.05, 4.69) is 45.4 Å². The summed E-state index contributed by atoms with van der Waals surface area (Å²) in [6.07, 6.45) is 6.72. The molecule has 3 rings (SSSR count). The second-order valence-corrected chi connectivity index (χ2v) is 8.22. The van der Waals surface area contributed by atoms with Gasteiger partial charge < -0.3 is 10.6 Å². The number of carbonyl (C=O) groups is 1. The predicted octanol–water partition coefficient (Wildman–Crippen LogP) is 5.63. The highest BCUT2D eigenvalue weighted by Gasteiger charge is 2.19. The van der Waals surface area contributed by atoms with Gasteiger partial charge in [0.05, 0.1) is 5.56 Å². The molecule has 1 aliphatic carbocycles. The highest BCUT2D eigenvalue weighted by atomic mass is 79.9. The minimum Gasteiger partial charge on any atom is -0.352 e. The van der Waals surface area contributed by atoms with E-state index in [-0.39, 0.29) is 11.8 Å². The zero-order valence-corrected chi connectivity index (χ0v) is 17.0. The Bertz CT molecular complexity index is 770. The Labute approximate surface area is 163 Å². The molecule has 1 fully saturated rings. The molecule has 1 amide bonds. The number of hydrogen-bond acceptors (Lipinski definition) is 3. The summed E-state index contributed by atoms with van der Waals surface area (Å²) in [5, 5.41) is 6.42. The van der Waals surface area contributed by atoms with Gasteiger partial charge in [0, 0.05) is 22.9 Å². The number of carbonyl (C=O) groups excluding carboxylic acids is 1. The Balaban J connectivity index is 1.74. The van der Waals surface area contributed by atoms with Crippen molar-refractivity contribution in [3.8, 4) is 0 Å². The van der Waals surface area contributed by atoms with Crippen molar-refractivity contribution in [2.45, 2.75) is 45.4 Å². The van der Waals surface area contributed by atoms with Gasteiger partial charge in [-0.2, -0.15) is 0 Å². The van der Waals surface area contributed by atoms with E-state index in [1.807, 2.05) is 30.3 Å². The highest BCUT2D eigenvalue weighted by molar-refractivity contribution is 9.10. The summed E-state index contributed by atoms with van der Waals surface area (Å²) in [4.78, 5) is 17.1. The van der Waals surface area contributed by atoms with Gasteiger partial charge in [-0.25, -0.2) is 4.98 Å². The number of aromatic nitrogens is 1. The number of amides is 1. The van der Waals surface area contributed by atoms with E-state index in [4.69, 9.17) is 0 Å². The Morgan fingerprint density at radius 1 is 1.27 bits per heavy atom. The molecule has 0 spiro atoms. The molecule has 0 aliphatic heterocycles. The summed E-state index contributed by atoms with van der Waals surface area (Å²) in [6.45, 7) is 4.98. The van der Waals surface area contributed by atoms with Crippen molar-refractivity contribution < 1.29 is 4.79 Å². The molecule has 2 aromatic rings. The van der Waals surface area contributed by atoms with E-state index in [0.717, 1.165) is 28.1 Å². The second kappa shape index (κ2) is 8.67. The van der Waals surface area contributed by atoms with Gasteiger partial charge in [-0.15, -0.1) is 0 Å². The van der Waals surface area contributed by atoms with Gasteiger partial charge in [0.1, 0.15) is 5.82 Å². The van der Waals surface area contributed by atoms with Crippen molar-refractivity contribution in [1.29, 1.82) is 0 Å². The van der Waals surface area contributed by atoms with E-state index in [1.165, 1.54) is 25.7 Å². The maximum Gasteiger partial charge on any atom is 0.253 e. The van der Waals surface area contributed by atoms with Crippen LogP contribution in [0.5, 0.6) is 0 Å². The summed E-state index contributed by atoms with van der Waals surface area (Å²) in [7, 11) is 0. The molecule has 5 heteroatoms. The Kier molecular flexibility index (Phi) is 6.30. The van der Waals surface area contributed by atoms with E-state index < -0.39 is 0 Å². The molecule has 1 aliphatic rings. The van der Waals surface area contributed by atoms with Crippen LogP contribution in [0.25, 0.3) is 0 Å². The fraction of sp³-hybridized carbons (Fsp3) is 0.429. The highest BCUT2D eigenvalue weighted by Crippen LogP contribution is 2.26. The van der Waals surface area contributed by atoms with Gasteiger partial charge >= 0.3 is 0 Å². The average molecular weight is 416 g/mol. The fourth-order valence-corrected chi connectivity index (χ4v) is 3.87. The quantitative estimate of drug-likeness (QED) is 0.642. The van der Waals surface area contributed by atoms with Gasteiger partial charge in [0.25, 0.3) is 5.91 Å². The molecule has 0 unspecified atom stereocenters. The largest absolute Gasteiger partial charge is 0.352 e. The molecule has 2 N–H and O–H groups in total. The van der Waals surface area contributed by atoms with E-state index in [9.17, 15) is 4.79 Å². The molecule has 138 valence electrons. The SMILES string of the molecule is CC(C)c1cc(Nc2cccc(Br)c2)ncc1C(=O)NCC1CCCC1. The number of hydrogen-bond donors (Lipinski definition) is 2. The van der Waals surface area contributed by atoms with Gasteiger partial charge in [-0.3, -0.25) is 4.79 Å². The van der Waals surface area contributed by atoms with Crippen molar-refractivity contribution in [1.82, 2.24) is 10.3 Å². The van der Waals surface area contributed by atoms with E-state index in [0.29, 0.717) is 11.5 Å². The first-order valence-electron chi connectivity index (χ1n) is 9.33. The number of anilines is 2. The standard InChI is InChI=1S/C21H26BrN3O/c1-14(2)18-11-20(25-17-9-5-8-16(22)10-17)23-13-19(18)21(26)24-12-15-6-3-4-7-15/h5,8-11,13-15H,3-4,6-7,12H2,1-2H3,(H,23,25)(H,24,26). The van der Waals surface area contributed by atoms with Crippen LogP contribution in [0.3, 0.4) is 0 Å². The lowest BCUT2D eigenvalue weighted by atomic mass is 9.98. The molecule has 1 heterocycles. The topological polar surface area (TPSA) is 54.0 Å². The number of benzene rings is 1. The maximum absolute atomic E-state index is 12.7. The smallest absolute Gasteiger partial charge is 0.253 e. The van der Waals surface area contributed by atoms with Crippen molar-refractivity contribution in [2.75, 3.05) is 11.9 Å². The van der Waals surface area contributed by atoms with Crippen molar-refractivity contribution in [2.24, 2.45) is 5.92 Å². The third-order valence-corrected chi connectivity index (χ3v) is 5.42. The molecular formula is C21H26BrN3O. The Hall–Kier alpha value is -1.88. The van der Waals surface area contributed by atoms with Gasteiger partial charge in [-0.1, -0.05) is 48.7 Å². The number of halogens is 1. The minimum absolute atomic E-state index is 0.0119. The zero-order chi connectivity index (χ0) is 18.5. The molecule has 0 atom stereocenters. The third-order valence-electron chi connectivity index (χ3n) is 4.93. The van der Waals surface area contributed by atoms with Gasteiger partial charge in [0.15, 0.2) is 0 Å². The van der Waals surface area contributed by atoms with Crippen molar-refractivity contribution >= 4 is 33.3 Å². The first kappa shape index (κ1) is 18.9. The molecule has 0 bridgehead atoms. The molecule has 0 saturated heterocycles. The Morgan fingerprint density at radius 3 is 2.73 bits per heavy atom. The van der Waals surface area contributed by atoms with Crippen LogP contribution in [0.4, 0.5) is 11.5 Å². The number of rotatable bonds is 6. The van der Waals surface area contributed by atoms with Gasteiger partial charge in [0.2, 0.25) is 0 Å². The van der Waals surface area contributed by atoms with Crippen LogP contribution >= 0.6 is 15.9 Å². The number of nitrogens with one attached hydrogen (secondary N) is 2. The first-order chi connectivity index (χ1) is 12.5. The molecule has 26 heavy (non-hydrogen) atoms. The third kappa shape index (κ3) is 4.85. The van der Waals surface area contributed by atoms with Crippen LogP contribution < -0.4 is 10.6 Å². The summed E-state index contributed by atoms with van der Waals surface area (Å²) in [5.74, 6) is 1.61. The summed E-state index contributed by atoms with van der Waals surface area (Å²) in [6, 6.07) is 9.93. The lowest BCUT2D eigenvalue weighted by molar-refractivity contribution is 0.0945. The fourth-order valence-electron chi connectivity index (χ4n) is 3.47.